The van der Waals surface area contributed by atoms with Crippen molar-refractivity contribution in [3.05, 3.63) is 0 Å². The summed E-state index contributed by atoms with van der Waals surface area (Å²) in [6, 6.07) is 0.179. The fourth-order valence-corrected chi connectivity index (χ4v) is 1.60. The zero-order valence-corrected chi connectivity index (χ0v) is 9.39. The molecule has 0 aliphatic heterocycles. The van der Waals surface area contributed by atoms with Gasteiger partial charge in [-0.2, -0.15) is 0 Å². The number of aliphatic carboxylic acids is 1. The lowest BCUT2D eigenvalue weighted by Crippen LogP contribution is -2.33. The highest BCUT2D eigenvalue weighted by atomic mass is 32.2. The number of carbonyl (C=O) groups excluding carboxylic acids is 1. The lowest BCUT2D eigenvalue weighted by atomic mass is 10.2. The third kappa shape index (κ3) is 7.91. The standard InChI is InChI=1S/C9H17NO3S/c1-3-4-7(2)10-8(11)5-14-6-9(12)13/h7H,3-6H2,1-2H3,(H,10,11)(H,12,13). The van der Waals surface area contributed by atoms with Gasteiger partial charge in [-0.3, -0.25) is 9.59 Å². The van der Waals surface area contributed by atoms with Crippen molar-refractivity contribution in [2.75, 3.05) is 11.5 Å². The maximum atomic E-state index is 11.2. The minimum atomic E-state index is -0.885. The number of carboxylic acid groups (broad SMARTS) is 1. The number of nitrogens with one attached hydrogen (secondary N) is 1. The highest BCUT2D eigenvalue weighted by Crippen LogP contribution is 2.00. The van der Waals surface area contributed by atoms with Crippen LogP contribution >= 0.6 is 11.8 Å². The van der Waals surface area contributed by atoms with E-state index in [1.807, 2.05) is 6.92 Å². The number of carboxylic acids is 1. The van der Waals surface area contributed by atoms with Gasteiger partial charge in [-0.1, -0.05) is 13.3 Å². The van der Waals surface area contributed by atoms with Gasteiger partial charge in [0.1, 0.15) is 0 Å². The van der Waals surface area contributed by atoms with Gasteiger partial charge in [-0.05, 0) is 13.3 Å². The second-order valence-electron chi connectivity index (χ2n) is 3.14. The topological polar surface area (TPSA) is 66.4 Å². The summed E-state index contributed by atoms with van der Waals surface area (Å²) >= 11 is 1.12. The predicted octanol–water partition coefficient (Wildman–Crippen LogP) is 1.11. The van der Waals surface area contributed by atoms with Crippen molar-refractivity contribution in [1.82, 2.24) is 5.32 Å². The summed E-state index contributed by atoms with van der Waals surface area (Å²) in [5, 5.41) is 11.1. The molecule has 1 amide bonds. The Morgan fingerprint density at radius 2 is 2.07 bits per heavy atom. The van der Waals surface area contributed by atoms with Gasteiger partial charge in [-0.25, -0.2) is 0 Å². The summed E-state index contributed by atoms with van der Waals surface area (Å²) in [6.07, 6.45) is 1.99. The quantitative estimate of drug-likeness (QED) is 0.673. The first-order chi connectivity index (χ1) is 6.56. The van der Waals surface area contributed by atoms with Crippen LogP contribution in [0, 0.1) is 0 Å². The molecule has 0 bridgehead atoms. The van der Waals surface area contributed by atoms with E-state index in [2.05, 4.69) is 12.2 Å². The minimum Gasteiger partial charge on any atom is -0.481 e. The fourth-order valence-electron chi connectivity index (χ4n) is 1.05. The summed E-state index contributed by atoms with van der Waals surface area (Å²) in [7, 11) is 0. The van der Waals surface area contributed by atoms with Crippen LogP contribution in [-0.2, 0) is 9.59 Å². The Hall–Kier alpha value is -0.710. The van der Waals surface area contributed by atoms with Crippen LogP contribution in [0.2, 0.25) is 0 Å². The number of thioether (sulfide) groups is 1. The van der Waals surface area contributed by atoms with Crippen molar-refractivity contribution in [2.45, 2.75) is 32.7 Å². The third-order valence-electron chi connectivity index (χ3n) is 1.59. The summed E-state index contributed by atoms with van der Waals surface area (Å²) in [6.45, 7) is 4.01. The van der Waals surface area contributed by atoms with Crippen molar-refractivity contribution in [1.29, 1.82) is 0 Å². The Morgan fingerprint density at radius 3 is 2.57 bits per heavy atom. The zero-order chi connectivity index (χ0) is 11.0. The molecule has 1 unspecified atom stereocenters. The normalized spacial score (nSPS) is 12.1. The molecule has 0 aliphatic rings. The van der Waals surface area contributed by atoms with Gasteiger partial charge in [0.05, 0.1) is 11.5 Å². The SMILES string of the molecule is CCCC(C)NC(=O)CSCC(=O)O. The largest absolute Gasteiger partial charge is 0.481 e. The van der Waals surface area contributed by atoms with Crippen LogP contribution in [0.5, 0.6) is 0 Å². The van der Waals surface area contributed by atoms with Gasteiger partial charge >= 0.3 is 5.97 Å². The average Bonchev–Trinajstić information content (AvgIpc) is 2.03. The van der Waals surface area contributed by atoms with Crippen LogP contribution in [-0.4, -0.2) is 34.5 Å². The van der Waals surface area contributed by atoms with Gasteiger partial charge in [0.25, 0.3) is 0 Å². The molecule has 0 radical (unpaired) electrons. The third-order valence-corrected chi connectivity index (χ3v) is 2.51. The molecule has 4 nitrogen and oxygen atoms in total. The van der Waals surface area contributed by atoms with E-state index in [0.29, 0.717) is 0 Å². The Morgan fingerprint density at radius 1 is 1.43 bits per heavy atom. The van der Waals surface area contributed by atoms with Crippen LogP contribution in [0.4, 0.5) is 0 Å². The summed E-state index contributed by atoms with van der Waals surface area (Å²) in [5.41, 5.74) is 0. The summed E-state index contributed by atoms with van der Waals surface area (Å²) < 4.78 is 0. The van der Waals surface area contributed by atoms with E-state index in [9.17, 15) is 9.59 Å². The van der Waals surface area contributed by atoms with E-state index in [1.165, 1.54) is 0 Å². The number of carbonyl (C=O) groups is 2. The van der Waals surface area contributed by atoms with Crippen molar-refractivity contribution in [3.8, 4) is 0 Å². The van der Waals surface area contributed by atoms with Crippen LogP contribution in [0.15, 0.2) is 0 Å². The molecule has 0 saturated heterocycles. The van der Waals surface area contributed by atoms with Crippen LogP contribution in [0.1, 0.15) is 26.7 Å². The maximum Gasteiger partial charge on any atom is 0.313 e. The number of hydrogen-bond donors (Lipinski definition) is 2. The average molecular weight is 219 g/mol. The van der Waals surface area contributed by atoms with Gasteiger partial charge in [0, 0.05) is 6.04 Å². The Labute approximate surface area is 88.4 Å². The summed E-state index contributed by atoms with van der Waals surface area (Å²) in [4.78, 5) is 21.3. The number of amides is 1. The Kier molecular flexibility index (Phi) is 7.28. The maximum absolute atomic E-state index is 11.2. The number of hydrogen-bond acceptors (Lipinski definition) is 3. The van der Waals surface area contributed by atoms with Gasteiger partial charge in [-0.15, -0.1) is 11.8 Å². The molecule has 0 aromatic heterocycles. The Bertz CT molecular complexity index is 196. The van der Waals surface area contributed by atoms with Crippen LogP contribution < -0.4 is 5.32 Å². The van der Waals surface area contributed by atoms with E-state index in [1.54, 1.807) is 0 Å². The monoisotopic (exact) mass is 219 g/mol. The lowest BCUT2D eigenvalue weighted by Gasteiger charge is -2.11. The van der Waals surface area contributed by atoms with E-state index in [0.717, 1.165) is 24.6 Å². The molecular weight excluding hydrogens is 202 g/mol. The first-order valence-corrected chi connectivity index (χ1v) is 5.80. The summed E-state index contributed by atoms with van der Waals surface area (Å²) in [5.74, 6) is -0.766. The first-order valence-electron chi connectivity index (χ1n) is 4.65. The van der Waals surface area contributed by atoms with Crippen LogP contribution in [0.3, 0.4) is 0 Å². The second-order valence-corrected chi connectivity index (χ2v) is 4.13. The van der Waals surface area contributed by atoms with E-state index < -0.39 is 5.97 Å². The van der Waals surface area contributed by atoms with Crippen molar-refractivity contribution in [2.24, 2.45) is 0 Å². The molecule has 0 saturated carbocycles. The molecule has 0 aliphatic carbocycles. The fraction of sp³-hybridized carbons (Fsp3) is 0.778. The molecule has 0 spiro atoms. The molecule has 0 aromatic rings. The van der Waals surface area contributed by atoms with Gasteiger partial charge in [0.2, 0.25) is 5.91 Å². The van der Waals surface area contributed by atoms with E-state index in [-0.39, 0.29) is 23.5 Å². The highest BCUT2D eigenvalue weighted by molar-refractivity contribution is 8.00. The van der Waals surface area contributed by atoms with E-state index in [4.69, 9.17) is 5.11 Å². The second kappa shape index (κ2) is 7.67. The van der Waals surface area contributed by atoms with Gasteiger partial charge < -0.3 is 10.4 Å². The lowest BCUT2D eigenvalue weighted by molar-refractivity contribution is -0.133. The molecule has 5 heteroatoms. The number of rotatable bonds is 7. The molecular formula is C9H17NO3S. The molecule has 0 heterocycles. The molecule has 0 fully saturated rings. The highest BCUT2D eigenvalue weighted by Gasteiger charge is 2.07. The molecule has 2 N–H and O–H groups in total. The Balaban J connectivity index is 3.50. The minimum absolute atomic E-state index is 0.0183. The van der Waals surface area contributed by atoms with Crippen molar-refractivity contribution in [3.63, 3.8) is 0 Å². The predicted molar refractivity (Wildman–Crippen MR) is 57.5 cm³/mol. The van der Waals surface area contributed by atoms with Gasteiger partial charge in [0.15, 0.2) is 0 Å². The van der Waals surface area contributed by atoms with Crippen molar-refractivity contribution >= 4 is 23.6 Å². The molecule has 14 heavy (non-hydrogen) atoms. The van der Waals surface area contributed by atoms with Crippen molar-refractivity contribution < 1.29 is 14.7 Å². The smallest absolute Gasteiger partial charge is 0.313 e. The molecule has 1 atom stereocenters. The zero-order valence-electron chi connectivity index (χ0n) is 8.58. The first kappa shape index (κ1) is 13.3. The molecule has 0 rings (SSSR count). The molecule has 0 aromatic carbocycles. The molecule has 82 valence electrons. The van der Waals surface area contributed by atoms with E-state index >= 15 is 0 Å². The van der Waals surface area contributed by atoms with Crippen LogP contribution in [0.25, 0.3) is 0 Å².